The van der Waals surface area contributed by atoms with Gasteiger partial charge in [0.25, 0.3) is 0 Å². The van der Waals surface area contributed by atoms with Gasteiger partial charge in [0, 0.05) is 21.1 Å². The topological polar surface area (TPSA) is 80.9 Å². The second-order valence-electron chi connectivity index (χ2n) is 0.600. The molecule has 4 N–H and O–H groups in total. The van der Waals surface area contributed by atoms with Gasteiger partial charge in [-0.05, 0) is 0 Å². The van der Waals surface area contributed by atoms with Crippen LogP contribution >= 0.6 is 0 Å². The predicted molar refractivity (Wildman–Crippen MR) is 21.8 cm³/mol. The van der Waals surface area contributed by atoms with E-state index in [0.29, 0.717) is 0 Å². The molecule has 0 saturated carbocycles. The second kappa shape index (κ2) is 6.50. The molecule has 7 heteroatoms. The summed E-state index contributed by atoms with van der Waals surface area (Å²) in [7, 11) is -4.61. The Morgan fingerprint density at radius 2 is 0.857 bits per heavy atom. The molecule has 0 rings (SSSR count). The monoisotopic (exact) mass is 320 g/mol. The molecule has 0 aromatic rings. The molecule has 0 saturated heterocycles. The summed E-state index contributed by atoms with van der Waals surface area (Å²) >= 11 is 0. The molecular weight excluding hydrogens is 315 g/mol. The van der Waals surface area contributed by atoms with E-state index in [0.717, 1.165) is 0 Å². The first-order valence-corrected chi connectivity index (χ1v) is 2.68. The van der Waals surface area contributed by atoms with Crippen LogP contribution in [0.25, 0.3) is 0 Å². The molecule has 0 aliphatic carbocycles. The van der Waals surface area contributed by atoms with E-state index in [1.165, 1.54) is 0 Å². The molecule has 0 aromatic heterocycles. The molecule has 0 radical (unpaired) electrons. The standard InChI is InChI=1S/K.H4O4Si.W.H/c;1-5(2,3)4;;/h;1-4H;;. The summed E-state index contributed by atoms with van der Waals surface area (Å²) < 4.78 is 0. The zero-order valence-corrected chi connectivity index (χ0v) is 6.63. The maximum atomic E-state index is 7.33. The van der Waals surface area contributed by atoms with Gasteiger partial charge in [-0.15, -0.1) is 0 Å². The van der Waals surface area contributed by atoms with E-state index in [1.54, 1.807) is 0 Å². The molecule has 0 unspecified atom stereocenters. The van der Waals surface area contributed by atoms with E-state index in [-0.39, 0.29) is 72.4 Å². The van der Waals surface area contributed by atoms with Gasteiger partial charge in [0.2, 0.25) is 0 Å². The molecule has 0 aromatic carbocycles. The van der Waals surface area contributed by atoms with Crippen LogP contribution in [-0.2, 0) is 21.1 Å². The zero-order chi connectivity index (χ0) is 4.50. The molecule has 0 spiro atoms. The van der Waals surface area contributed by atoms with Crippen molar-refractivity contribution in [1.29, 1.82) is 0 Å². The van der Waals surface area contributed by atoms with Gasteiger partial charge in [0.15, 0.2) is 0 Å². The average molecular weight is 320 g/mol. The Morgan fingerprint density at radius 3 is 0.857 bits per heavy atom. The number of hydrogen-bond donors (Lipinski definition) is 4. The van der Waals surface area contributed by atoms with Crippen LogP contribution in [0.1, 0.15) is 0 Å². The first kappa shape index (κ1) is 16.2. The van der Waals surface area contributed by atoms with Crippen LogP contribution in [0.2, 0.25) is 0 Å². The first-order valence-electron chi connectivity index (χ1n) is 0.894. The van der Waals surface area contributed by atoms with Crippen molar-refractivity contribution >= 4 is 60.4 Å². The van der Waals surface area contributed by atoms with E-state index < -0.39 is 9.05 Å². The number of hydrogen-bond acceptors (Lipinski definition) is 4. The minimum absolute atomic E-state index is 0. The number of rotatable bonds is 0. The van der Waals surface area contributed by atoms with Crippen LogP contribution in [0.5, 0.6) is 0 Å². The van der Waals surface area contributed by atoms with Gasteiger partial charge in [0.1, 0.15) is 0 Å². The Labute approximate surface area is 98.7 Å². The molecule has 0 atom stereocenters. The van der Waals surface area contributed by atoms with Crippen molar-refractivity contribution in [3.8, 4) is 0 Å². The van der Waals surface area contributed by atoms with Crippen molar-refractivity contribution in [1.82, 2.24) is 0 Å². The summed E-state index contributed by atoms with van der Waals surface area (Å²) in [5.41, 5.74) is 0. The van der Waals surface area contributed by atoms with Gasteiger partial charge in [-0.2, -0.15) is 0 Å². The van der Waals surface area contributed by atoms with Crippen LogP contribution in [0.4, 0.5) is 0 Å². The summed E-state index contributed by atoms with van der Waals surface area (Å²) in [6, 6.07) is 0. The largest absolute Gasteiger partial charge is 0 e. The van der Waals surface area contributed by atoms with Crippen molar-refractivity contribution in [3.05, 3.63) is 0 Å². The summed E-state index contributed by atoms with van der Waals surface area (Å²) in [6.45, 7) is 0. The fourth-order valence-electron chi connectivity index (χ4n) is 0. The quantitative estimate of drug-likeness (QED) is 0.353. The smallest absolute Gasteiger partial charge is 0 e. The molecule has 0 fully saturated rings. The van der Waals surface area contributed by atoms with Gasteiger partial charge >= 0.3 is 60.4 Å². The van der Waals surface area contributed by atoms with Gasteiger partial charge in [-0.1, -0.05) is 0 Å². The van der Waals surface area contributed by atoms with Crippen LogP contribution in [-0.4, -0.2) is 79.6 Å². The average Bonchev–Trinajstić information content (AvgIpc) is 0.722. The predicted octanol–water partition coefficient (Wildman–Crippen LogP) is -3.26. The fourth-order valence-corrected chi connectivity index (χ4v) is 0. The van der Waals surface area contributed by atoms with Crippen molar-refractivity contribution in [3.63, 3.8) is 0 Å². The summed E-state index contributed by atoms with van der Waals surface area (Å²) in [5, 5.41) is 0. The van der Waals surface area contributed by atoms with E-state index in [2.05, 4.69) is 0 Å². The molecule has 0 bridgehead atoms. The Kier molecular flexibility index (Phi) is 15.0. The Hall–Kier alpha value is 2.38. The van der Waals surface area contributed by atoms with E-state index in [4.69, 9.17) is 19.2 Å². The molecule has 7 heavy (non-hydrogen) atoms. The van der Waals surface area contributed by atoms with Crippen molar-refractivity contribution in [2.75, 3.05) is 0 Å². The van der Waals surface area contributed by atoms with Gasteiger partial charge in [-0.25, -0.2) is 0 Å². The maximum Gasteiger partial charge on any atom is 0 e. The molecule has 4 nitrogen and oxygen atoms in total. The Morgan fingerprint density at radius 1 is 0.857 bits per heavy atom. The Bertz CT molecular complexity index is 27.2. The molecular formula is H5KO4SiW. The maximum absolute atomic E-state index is 7.33. The zero-order valence-electron chi connectivity index (χ0n) is 2.70. The first-order chi connectivity index (χ1) is 2.00. The van der Waals surface area contributed by atoms with E-state index >= 15 is 0 Å². The molecule has 0 heterocycles. The second-order valence-corrected chi connectivity index (χ2v) is 1.80. The third-order valence-corrected chi connectivity index (χ3v) is 0. The van der Waals surface area contributed by atoms with Crippen molar-refractivity contribution in [2.45, 2.75) is 0 Å². The fraction of sp³-hybridized carbons (Fsp3) is 0. The van der Waals surface area contributed by atoms with Crippen LogP contribution < -0.4 is 0 Å². The molecule has 0 aliphatic rings. The minimum atomic E-state index is -4.61. The van der Waals surface area contributed by atoms with Crippen molar-refractivity contribution < 1.29 is 40.2 Å². The molecule has 0 aliphatic heterocycles. The summed E-state index contributed by atoms with van der Waals surface area (Å²) in [5.74, 6) is 0. The van der Waals surface area contributed by atoms with E-state index in [9.17, 15) is 0 Å². The van der Waals surface area contributed by atoms with Crippen LogP contribution in [0.15, 0.2) is 0 Å². The van der Waals surface area contributed by atoms with Crippen LogP contribution in [0, 0.1) is 0 Å². The summed E-state index contributed by atoms with van der Waals surface area (Å²) in [6.07, 6.45) is 0. The molecule has 0 amide bonds. The summed E-state index contributed by atoms with van der Waals surface area (Å²) in [4.78, 5) is 29.3. The van der Waals surface area contributed by atoms with Gasteiger partial charge in [-0.3, -0.25) is 0 Å². The SMILES string of the molecule is O[Si](O)(O)O.[KH].[W]. The van der Waals surface area contributed by atoms with Crippen LogP contribution in [0.3, 0.4) is 0 Å². The van der Waals surface area contributed by atoms with E-state index in [1.807, 2.05) is 0 Å². The van der Waals surface area contributed by atoms with Gasteiger partial charge in [0.05, 0.1) is 0 Å². The minimum Gasteiger partial charge on any atom is 0 e. The van der Waals surface area contributed by atoms with Crippen molar-refractivity contribution in [2.24, 2.45) is 0 Å². The normalized spacial score (nSPS) is 8.57. The third kappa shape index (κ3) is 60.2. The Balaban J connectivity index is -0.0000000800. The third-order valence-electron chi connectivity index (χ3n) is 0. The molecule has 40 valence electrons. The van der Waals surface area contributed by atoms with Gasteiger partial charge < -0.3 is 19.2 Å².